The van der Waals surface area contributed by atoms with Gasteiger partial charge in [0.1, 0.15) is 0 Å². The molecule has 0 bridgehead atoms. The first-order valence-electron chi connectivity index (χ1n) is 6.63. The zero-order chi connectivity index (χ0) is 15.3. The Morgan fingerprint density at radius 1 is 1.41 bits per heavy atom. The average molecular weight is 446 g/mol. The van der Waals surface area contributed by atoms with E-state index in [1.165, 1.54) is 0 Å². The van der Waals surface area contributed by atoms with Crippen molar-refractivity contribution in [3.8, 4) is 0 Å². The third-order valence-corrected chi connectivity index (χ3v) is 3.95. The number of rotatable bonds is 4. The zero-order valence-corrected chi connectivity index (χ0v) is 15.1. The fraction of sp³-hybridized carbons (Fsp3) is 0.538. The van der Waals surface area contributed by atoms with Crippen molar-refractivity contribution in [2.45, 2.75) is 31.5 Å². The highest BCUT2D eigenvalue weighted by molar-refractivity contribution is 14.0. The van der Waals surface area contributed by atoms with Crippen LogP contribution in [0.25, 0.3) is 0 Å². The Kier molecular flexibility index (Phi) is 7.60. The Balaban J connectivity index is 0.00000242. The minimum atomic E-state index is -4.37. The molecule has 1 aliphatic rings. The van der Waals surface area contributed by atoms with E-state index in [1.54, 1.807) is 7.05 Å². The summed E-state index contributed by atoms with van der Waals surface area (Å²) >= 11 is 1.03. The van der Waals surface area contributed by atoms with E-state index in [2.05, 4.69) is 32.8 Å². The number of nitrogens with zero attached hydrogens (tertiary/aromatic N) is 2. The van der Waals surface area contributed by atoms with Crippen LogP contribution >= 0.6 is 35.3 Å². The predicted octanol–water partition coefficient (Wildman–Crippen LogP) is 3.21. The van der Waals surface area contributed by atoms with Gasteiger partial charge in [0, 0.05) is 31.4 Å². The molecule has 22 heavy (non-hydrogen) atoms. The second kappa shape index (κ2) is 8.70. The molecule has 0 saturated carbocycles. The Bertz CT molecular complexity index is 520. The molecule has 0 aliphatic heterocycles. The SMILES string of the molecule is CN=C(NCCc1nc(C(F)(F)F)cs1)NC1CC=CC1.I. The minimum Gasteiger partial charge on any atom is -0.356 e. The number of aliphatic imine (C=N–C) groups is 1. The van der Waals surface area contributed by atoms with Crippen LogP contribution in [-0.2, 0) is 12.6 Å². The Morgan fingerprint density at radius 3 is 2.64 bits per heavy atom. The van der Waals surface area contributed by atoms with Crippen LogP contribution in [0.2, 0.25) is 0 Å². The van der Waals surface area contributed by atoms with Crippen LogP contribution in [0.15, 0.2) is 22.5 Å². The third kappa shape index (κ3) is 5.75. The summed E-state index contributed by atoms with van der Waals surface area (Å²) in [6, 6.07) is 0.341. The maximum Gasteiger partial charge on any atom is 0.434 e. The van der Waals surface area contributed by atoms with Gasteiger partial charge in [-0.05, 0) is 12.8 Å². The lowest BCUT2D eigenvalue weighted by molar-refractivity contribution is -0.140. The third-order valence-electron chi connectivity index (χ3n) is 3.05. The van der Waals surface area contributed by atoms with E-state index in [1.807, 2.05) is 0 Å². The molecule has 0 unspecified atom stereocenters. The standard InChI is InChI=1S/C13H17F3N4S.HI/c1-17-12(19-9-4-2-3-5-9)18-7-6-11-20-10(8-21-11)13(14,15)16;/h2-3,8-9H,4-7H2,1H3,(H2,17,18,19);1H. The number of thiazole rings is 1. The van der Waals surface area contributed by atoms with Gasteiger partial charge in [0.15, 0.2) is 11.7 Å². The predicted molar refractivity (Wildman–Crippen MR) is 92.9 cm³/mol. The lowest BCUT2D eigenvalue weighted by Crippen LogP contribution is -2.43. The second-order valence-corrected chi connectivity index (χ2v) is 5.60. The molecule has 4 nitrogen and oxygen atoms in total. The number of alkyl halides is 3. The monoisotopic (exact) mass is 446 g/mol. The highest BCUT2D eigenvalue weighted by Crippen LogP contribution is 2.29. The molecule has 2 rings (SSSR count). The van der Waals surface area contributed by atoms with Crippen LogP contribution in [-0.4, -0.2) is 30.6 Å². The summed E-state index contributed by atoms with van der Waals surface area (Å²) in [5.41, 5.74) is -0.818. The number of nitrogens with one attached hydrogen (secondary N) is 2. The average Bonchev–Trinajstić information content (AvgIpc) is 3.07. The quantitative estimate of drug-likeness (QED) is 0.323. The van der Waals surface area contributed by atoms with Crippen molar-refractivity contribution in [3.05, 3.63) is 28.2 Å². The Labute approximate surface area is 148 Å². The van der Waals surface area contributed by atoms with E-state index in [-0.39, 0.29) is 24.0 Å². The molecule has 0 aromatic carbocycles. The molecular weight excluding hydrogens is 428 g/mol. The summed E-state index contributed by atoms with van der Waals surface area (Å²) in [7, 11) is 1.67. The van der Waals surface area contributed by atoms with Crippen LogP contribution in [0.5, 0.6) is 0 Å². The topological polar surface area (TPSA) is 49.3 Å². The number of hydrogen-bond donors (Lipinski definition) is 2. The molecule has 0 spiro atoms. The summed E-state index contributed by atoms with van der Waals surface area (Å²) in [6.07, 6.45) is 2.21. The molecule has 124 valence electrons. The van der Waals surface area contributed by atoms with Crippen molar-refractivity contribution < 1.29 is 13.2 Å². The highest BCUT2D eigenvalue weighted by atomic mass is 127. The fourth-order valence-corrected chi connectivity index (χ4v) is 2.77. The van der Waals surface area contributed by atoms with Crippen molar-refractivity contribution in [1.29, 1.82) is 0 Å². The van der Waals surface area contributed by atoms with E-state index >= 15 is 0 Å². The van der Waals surface area contributed by atoms with E-state index in [0.29, 0.717) is 30.0 Å². The molecule has 1 heterocycles. The molecule has 1 aromatic heterocycles. The zero-order valence-electron chi connectivity index (χ0n) is 12.0. The van der Waals surface area contributed by atoms with Crippen LogP contribution in [0.4, 0.5) is 13.2 Å². The van der Waals surface area contributed by atoms with Crippen molar-refractivity contribution in [1.82, 2.24) is 15.6 Å². The van der Waals surface area contributed by atoms with Gasteiger partial charge in [-0.25, -0.2) is 4.98 Å². The summed E-state index contributed by atoms with van der Waals surface area (Å²) in [5, 5.41) is 7.86. The van der Waals surface area contributed by atoms with Gasteiger partial charge >= 0.3 is 6.18 Å². The van der Waals surface area contributed by atoms with Gasteiger partial charge in [0.05, 0.1) is 5.01 Å². The second-order valence-electron chi connectivity index (χ2n) is 4.66. The molecule has 1 aliphatic carbocycles. The number of aromatic nitrogens is 1. The molecule has 9 heteroatoms. The van der Waals surface area contributed by atoms with Crippen LogP contribution in [0.3, 0.4) is 0 Å². The van der Waals surface area contributed by atoms with Crippen molar-refractivity contribution >= 4 is 41.3 Å². The van der Waals surface area contributed by atoms with Crippen molar-refractivity contribution in [3.63, 3.8) is 0 Å². The maximum atomic E-state index is 12.4. The van der Waals surface area contributed by atoms with Gasteiger partial charge in [-0.1, -0.05) is 12.2 Å². The van der Waals surface area contributed by atoms with Gasteiger partial charge in [0.25, 0.3) is 0 Å². The normalized spacial score (nSPS) is 15.7. The molecule has 0 saturated heterocycles. The lowest BCUT2D eigenvalue weighted by atomic mass is 10.2. The van der Waals surface area contributed by atoms with Gasteiger partial charge in [-0.15, -0.1) is 35.3 Å². The summed E-state index contributed by atoms with van der Waals surface area (Å²) in [6.45, 7) is 0.491. The van der Waals surface area contributed by atoms with Gasteiger partial charge in [-0.3, -0.25) is 4.99 Å². The van der Waals surface area contributed by atoms with E-state index in [9.17, 15) is 13.2 Å². The molecular formula is C13H18F3IN4S. The molecule has 0 atom stereocenters. The van der Waals surface area contributed by atoms with Gasteiger partial charge < -0.3 is 10.6 Å². The van der Waals surface area contributed by atoms with E-state index in [0.717, 1.165) is 29.6 Å². The molecule has 0 amide bonds. The number of hydrogen-bond acceptors (Lipinski definition) is 3. The highest BCUT2D eigenvalue weighted by Gasteiger charge is 2.33. The summed E-state index contributed by atoms with van der Waals surface area (Å²) < 4.78 is 37.3. The van der Waals surface area contributed by atoms with Crippen molar-refractivity contribution in [2.24, 2.45) is 4.99 Å². The fourth-order valence-electron chi connectivity index (χ4n) is 1.97. The summed E-state index contributed by atoms with van der Waals surface area (Å²) in [4.78, 5) is 7.69. The Hall–Kier alpha value is -0.840. The first-order valence-corrected chi connectivity index (χ1v) is 7.51. The van der Waals surface area contributed by atoms with Crippen LogP contribution < -0.4 is 10.6 Å². The molecule has 0 radical (unpaired) electrons. The first kappa shape index (κ1) is 19.2. The van der Waals surface area contributed by atoms with Gasteiger partial charge in [0.2, 0.25) is 0 Å². The number of guanidine groups is 1. The molecule has 2 N–H and O–H groups in total. The van der Waals surface area contributed by atoms with Crippen molar-refractivity contribution in [2.75, 3.05) is 13.6 Å². The molecule has 1 aromatic rings. The smallest absolute Gasteiger partial charge is 0.356 e. The lowest BCUT2D eigenvalue weighted by Gasteiger charge is -2.16. The summed E-state index contributed by atoms with van der Waals surface area (Å²) in [5.74, 6) is 0.663. The molecule has 0 fully saturated rings. The maximum absolute atomic E-state index is 12.4. The van der Waals surface area contributed by atoms with Crippen LogP contribution in [0, 0.1) is 0 Å². The van der Waals surface area contributed by atoms with Crippen LogP contribution in [0.1, 0.15) is 23.5 Å². The van der Waals surface area contributed by atoms with E-state index < -0.39 is 11.9 Å². The van der Waals surface area contributed by atoms with Gasteiger partial charge in [-0.2, -0.15) is 13.2 Å². The van der Waals surface area contributed by atoms with E-state index in [4.69, 9.17) is 0 Å². The number of halogens is 4. The first-order chi connectivity index (χ1) is 9.99. The Morgan fingerprint density at radius 2 is 2.09 bits per heavy atom. The minimum absolute atomic E-state index is 0. The largest absolute Gasteiger partial charge is 0.434 e.